The monoisotopic (exact) mass is 470 g/mol. The van der Waals surface area contributed by atoms with Gasteiger partial charge in [0.05, 0.1) is 16.1 Å². The first-order valence-electron chi connectivity index (χ1n) is 11.0. The van der Waals surface area contributed by atoms with Crippen molar-refractivity contribution in [2.75, 3.05) is 11.4 Å². The fraction of sp³-hybridized carbons (Fsp3) is 0.107. The Labute approximate surface area is 201 Å². The number of nitrogens with zero attached hydrogens (tertiary/aromatic N) is 2. The van der Waals surface area contributed by atoms with E-state index in [0.717, 1.165) is 11.1 Å². The van der Waals surface area contributed by atoms with Crippen molar-refractivity contribution in [1.82, 2.24) is 4.90 Å². The van der Waals surface area contributed by atoms with Crippen LogP contribution in [0, 0.1) is 0 Å². The summed E-state index contributed by atoms with van der Waals surface area (Å²) in [6.07, 6.45) is 0. The van der Waals surface area contributed by atoms with Gasteiger partial charge in [-0.2, -0.15) is 0 Å². The minimum atomic E-state index is -3.83. The molecule has 0 bridgehead atoms. The highest BCUT2D eigenvalue weighted by Crippen LogP contribution is 2.27. The first-order chi connectivity index (χ1) is 16.5. The van der Waals surface area contributed by atoms with Gasteiger partial charge < -0.3 is 4.90 Å². The molecule has 0 saturated carbocycles. The molecule has 0 atom stereocenters. The van der Waals surface area contributed by atoms with E-state index in [1.807, 2.05) is 60.7 Å². The Morgan fingerprint density at radius 2 is 1.09 bits per heavy atom. The number of sulfonamides is 1. The molecular formula is C28H26N2O3S. The highest BCUT2D eigenvalue weighted by Gasteiger charge is 2.27. The summed E-state index contributed by atoms with van der Waals surface area (Å²) >= 11 is 0. The van der Waals surface area contributed by atoms with Crippen molar-refractivity contribution in [3.63, 3.8) is 0 Å². The van der Waals surface area contributed by atoms with Gasteiger partial charge in [-0.3, -0.25) is 9.10 Å². The standard InChI is InChI=1S/C28H26N2O3S/c1-29(34(32,33)25-17-9-4-10-18-25)27-20-12-11-19-26(27)28(31)30(21-23-13-5-2-6-14-23)22-24-15-7-3-8-16-24/h2-20H,21-22H2,1H3. The molecule has 0 aliphatic heterocycles. The van der Waals surface area contributed by atoms with E-state index >= 15 is 0 Å². The Balaban J connectivity index is 1.71. The fourth-order valence-electron chi connectivity index (χ4n) is 3.79. The second-order valence-corrected chi connectivity index (χ2v) is 9.90. The van der Waals surface area contributed by atoms with Gasteiger partial charge in [0.15, 0.2) is 0 Å². The molecule has 0 aliphatic carbocycles. The van der Waals surface area contributed by atoms with E-state index in [2.05, 4.69) is 0 Å². The number of hydrogen-bond acceptors (Lipinski definition) is 3. The summed E-state index contributed by atoms with van der Waals surface area (Å²) in [4.78, 5) is 15.8. The quantitative estimate of drug-likeness (QED) is 0.349. The SMILES string of the molecule is CN(c1ccccc1C(=O)N(Cc1ccccc1)Cc1ccccc1)S(=O)(=O)c1ccccc1. The van der Waals surface area contributed by atoms with Gasteiger partial charge in [0.1, 0.15) is 0 Å². The summed E-state index contributed by atoms with van der Waals surface area (Å²) in [5.74, 6) is -0.238. The molecule has 34 heavy (non-hydrogen) atoms. The van der Waals surface area contributed by atoms with Crippen LogP contribution in [-0.4, -0.2) is 26.3 Å². The lowest BCUT2D eigenvalue weighted by Gasteiger charge is -2.27. The maximum Gasteiger partial charge on any atom is 0.264 e. The summed E-state index contributed by atoms with van der Waals surface area (Å²) in [5.41, 5.74) is 2.66. The zero-order chi connectivity index (χ0) is 24.0. The number of rotatable bonds is 8. The average Bonchev–Trinajstić information content (AvgIpc) is 2.89. The Morgan fingerprint density at radius 3 is 1.62 bits per heavy atom. The molecule has 0 N–H and O–H groups in total. The first kappa shape index (κ1) is 23.3. The maximum absolute atomic E-state index is 13.8. The molecule has 0 unspecified atom stereocenters. The second kappa shape index (κ2) is 10.4. The number of carbonyl (C=O) groups is 1. The molecule has 0 saturated heterocycles. The zero-order valence-electron chi connectivity index (χ0n) is 18.9. The van der Waals surface area contributed by atoms with Gasteiger partial charge >= 0.3 is 0 Å². The zero-order valence-corrected chi connectivity index (χ0v) is 19.7. The number of para-hydroxylation sites is 1. The number of hydrogen-bond donors (Lipinski definition) is 0. The molecule has 5 nitrogen and oxygen atoms in total. The highest BCUT2D eigenvalue weighted by atomic mass is 32.2. The van der Waals surface area contributed by atoms with Crippen molar-refractivity contribution in [3.8, 4) is 0 Å². The Bertz CT molecular complexity index is 1300. The third-order valence-corrected chi connectivity index (χ3v) is 7.38. The lowest BCUT2D eigenvalue weighted by atomic mass is 10.1. The van der Waals surface area contributed by atoms with Crippen LogP contribution in [0.4, 0.5) is 5.69 Å². The van der Waals surface area contributed by atoms with Crippen LogP contribution in [0.15, 0.2) is 120 Å². The largest absolute Gasteiger partial charge is 0.330 e. The van der Waals surface area contributed by atoms with Crippen molar-refractivity contribution < 1.29 is 13.2 Å². The third kappa shape index (κ3) is 5.18. The van der Waals surface area contributed by atoms with E-state index < -0.39 is 10.0 Å². The minimum Gasteiger partial charge on any atom is -0.330 e. The molecule has 0 spiro atoms. The lowest BCUT2D eigenvalue weighted by Crippen LogP contribution is -2.33. The van der Waals surface area contributed by atoms with Crippen molar-refractivity contribution in [2.45, 2.75) is 18.0 Å². The average molecular weight is 471 g/mol. The molecule has 4 aromatic rings. The molecule has 1 amide bonds. The van der Waals surface area contributed by atoms with E-state index in [4.69, 9.17) is 0 Å². The number of carbonyl (C=O) groups excluding carboxylic acids is 1. The summed E-state index contributed by atoms with van der Waals surface area (Å²) in [6.45, 7) is 0.802. The van der Waals surface area contributed by atoms with Crippen molar-refractivity contribution in [1.29, 1.82) is 0 Å². The first-order valence-corrected chi connectivity index (χ1v) is 12.4. The number of benzene rings is 4. The molecule has 0 fully saturated rings. The van der Waals surface area contributed by atoms with E-state index in [-0.39, 0.29) is 10.8 Å². The highest BCUT2D eigenvalue weighted by molar-refractivity contribution is 7.92. The number of amides is 1. The van der Waals surface area contributed by atoms with Crippen LogP contribution in [0.5, 0.6) is 0 Å². The van der Waals surface area contributed by atoms with Gasteiger partial charge in [-0.15, -0.1) is 0 Å². The molecule has 0 aliphatic rings. The molecular weight excluding hydrogens is 444 g/mol. The minimum absolute atomic E-state index is 0.171. The lowest BCUT2D eigenvalue weighted by molar-refractivity contribution is 0.0731. The normalized spacial score (nSPS) is 11.1. The van der Waals surface area contributed by atoms with Crippen molar-refractivity contribution in [2.24, 2.45) is 0 Å². The predicted octanol–water partition coefficient (Wildman–Crippen LogP) is 5.35. The van der Waals surface area contributed by atoms with Gasteiger partial charge in [-0.25, -0.2) is 8.42 Å². The Morgan fingerprint density at radius 1 is 0.647 bits per heavy atom. The van der Waals surface area contributed by atoms with Gasteiger partial charge in [0.2, 0.25) is 0 Å². The van der Waals surface area contributed by atoms with Crippen LogP contribution in [0.25, 0.3) is 0 Å². The molecule has 0 radical (unpaired) electrons. The van der Waals surface area contributed by atoms with Crippen LogP contribution >= 0.6 is 0 Å². The van der Waals surface area contributed by atoms with Crippen LogP contribution < -0.4 is 4.31 Å². The fourth-order valence-corrected chi connectivity index (χ4v) is 5.02. The van der Waals surface area contributed by atoms with Crippen molar-refractivity contribution in [3.05, 3.63) is 132 Å². The Kier molecular flexibility index (Phi) is 7.09. The summed E-state index contributed by atoms with van der Waals surface area (Å²) in [5, 5.41) is 0. The maximum atomic E-state index is 13.8. The summed E-state index contributed by atoms with van der Waals surface area (Å²) < 4.78 is 27.7. The van der Waals surface area contributed by atoms with Crippen molar-refractivity contribution >= 4 is 21.6 Å². The molecule has 6 heteroatoms. The second-order valence-electron chi connectivity index (χ2n) is 7.94. The molecule has 0 aromatic heterocycles. The Hall–Kier alpha value is -3.90. The van der Waals surface area contributed by atoms with Gasteiger partial charge in [-0.1, -0.05) is 91.0 Å². The van der Waals surface area contributed by atoms with Crippen LogP contribution in [0.1, 0.15) is 21.5 Å². The van der Waals surface area contributed by atoms with Gasteiger partial charge in [0.25, 0.3) is 15.9 Å². The van der Waals surface area contributed by atoms with Crippen LogP contribution in [-0.2, 0) is 23.1 Å². The van der Waals surface area contributed by atoms with E-state index in [1.165, 1.54) is 11.4 Å². The summed E-state index contributed by atoms with van der Waals surface area (Å²) in [6, 6.07) is 34.6. The molecule has 0 heterocycles. The molecule has 172 valence electrons. The molecule has 4 rings (SSSR count). The number of anilines is 1. The topological polar surface area (TPSA) is 57.7 Å². The van der Waals surface area contributed by atoms with Gasteiger partial charge in [0, 0.05) is 20.1 Å². The molecule has 4 aromatic carbocycles. The van der Waals surface area contributed by atoms with E-state index in [1.54, 1.807) is 59.5 Å². The summed E-state index contributed by atoms with van der Waals surface area (Å²) in [7, 11) is -2.35. The van der Waals surface area contributed by atoms with E-state index in [9.17, 15) is 13.2 Å². The third-order valence-electron chi connectivity index (χ3n) is 5.60. The van der Waals surface area contributed by atoms with Crippen LogP contribution in [0.2, 0.25) is 0 Å². The van der Waals surface area contributed by atoms with Gasteiger partial charge in [-0.05, 0) is 35.4 Å². The smallest absolute Gasteiger partial charge is 0.264 e. The predicted molar refractivity (Wildman–Crippen MR) is 135 cm³/mol. The van der Waals surface area contributed by atoms with Crippen LogP contribution in [0.3, 0.4) is 0 Å². The van der Waals surface area contributed by atoms with E-state index in [0.29, 0.717) is 24.3 Å².